The Hall–Kier alpha value is -4.73. The Balaban J connectivity index is 1.28. The molecular formula is C27H22FN5O4. The Morgan fingerprint density at radius 1 is 1.08 bits per heavy atom. The molecule has 4 aromatic rings. The maximum absolute atomic E-state index is 13.3. The summed E-state index contributed by atoms with van der Waals surface area (Å²) in [4.78, 5) is 28.2. The topological polar surface area (TPSA) is 98.7 Å². The van der Waals surface area contributed by atoms with Gasteiger partial charge in [0.15, 0.2) is 11.5 Å². The zero-order chi connectivity index (χ0) is 25.2. The third-order valence-corrected chi connectivity index (χ3v) is 6.16. The molecule has 0 unspecified atom stereocenters. The Labute approximate surface area is 211 Å². The molecule has 37 heavy (non-hydrogen) atoms. The van der Waals surface area contributed by atoms with Crippen molar-refractivity contribution in [3.63, 3.8) is 0 Å². The number of fused-ring (bicyclic) bond motifs is 2. The molecule has 0 bridgehead atoms. The fourth-order valence-electron chi connectivity index (χ4n) is 4.25. The number of amides is 1. The number of anilines is 2. The lowest BCUT2D eigenvalue weighted by Gasteiger charge is -2.19. The van der Waals surface area contributed by atoms with Crippen molar-refractivity contribution in [3.05, 3.63) is 95.2 Å². The minimum Gasteiger partial charge on any atom is -0.472 e. The van der Waals surface area contributed by atoms with E-state index in [4.69, 9.17) is 14.2 Å². The van der Waals surface area contributed by atoms with E-state index in [-0.39, 0.29) is 36.6 Å². The SMILES string of the molecule is O=C(NCc1cccnc1)c1cnc(N2CCc3cc4c(cc32)OCO4)nc1OCc1ccc(F)cc1. The van der Waals surface area contributed by atoms with Gasteiger partial charge in [0.25, 0.3) is 5.91 Å². The second kappa shape index (κ2) is 9.73. The van der Waals surface area contributed by atoms with Gasteiger partial charge in [-0.15, -0.1) is 0 Å². The molecule has 9 nitrogen and oxygen atoms in total. The Bertz CT molecular complexity index is 1450. The van der Waals surface area contributed by atoms with Crippen LogP contribution < -0.4 is 24.4 Å². The molecule has 4 heterocycles. The molecule has 2 aliphatic heterocycles. The zero-order valence-electron chi connectivity index (χ0n) is 19.7. The highest BCUT2D eigenvalue weighted by Gasteiger charge is 2.28. The number of ether oxygens (including phenoxy) is 3. The van der Waals surface area contributed by atoms with Crippen LogP contribution in [0.15, 0.2) is 67.1 Å². The normalized spacial score (nSPS) is 13.4. The predicted octanol–water partition coefficient (Wildman–Crippen LogP) is 3.94. The van der Waals surface area contributed by atoms with E-state index in [0.29, 0.717) is 24.8 Å². The molecule has 1 N–H and O–H groups in total. The second-order valence-corrected chi connectivity index (χ2v) is 8.58. The van der Waals surface area contributed by atoms with Crippen LogP contribution in [0.4, 0.5) is 16.0 Å². The maximum atomic E-state index is 13.3. The number of nitrogens with one attached hydrogen (secondary N) is 1. The van der Waals surface area contributed by atoms with E-state index >= 15 is 0 Å². The van der Waals surface area contributed by atoms with E-state index in [2.05, 4.69) is 20.3 Å². The zero-order valence-corrected chi connectivity index (χ0v) is 19.7. The largest absolute Gasteiger partial charge is 0.472 e. The van der Waals surface area contributed by atoms with Gasteiger partial charge in [0.1, 0.15) is 18.0 Å². The van der Waals surface area contributed by atoms with Gasteiger partial charge in [0, 0.05) is 37.7 Å². The third kappa shape index (κ3) is 4.73. The number of benzene rings is 2. The van der Waals surface area contributed by atoms with Crippen molar-refractivity contribution < 1.29 is 23.4 Å². The first-order chi connectivity index (χ1) is 18.1. The van der Waals surface area contributed by atoms with Crippen LogP contribution in [0.1, 0.15) is 27.0 Å². The number of hydrogen-bond donors (Lipinski definition) is 1. The number of hydrogen-bond acceptors (Lipinski definition) is 8. The molecule has 0 saturated carbocycles. The molecule has 0 aliphatic carbocycles. The van der Waals surface area contributed by atoms with Crippen molar-refractivity contribution >= 4 is 17.5 Å². The monoisotopic (exact) mass is 499 g/mol. The van der Waals surface area contributed by atoms with Crippen LogP contribution >= 0.6 is 0 Å². The Kier molecular flexibility index (Phi) is 5.97. The average Bonchev–Trinajstić information content (AvgIpc) is 3.57. The molecule has 2 aliphatic rings. The predicted molar refractivity (Wildman–Crippen MR) is 131 cm³/mol. The molecule has 0 atom stereocenters. The molecular weight excluding hydrogens is 477 g/mol. The molecule has 0 saturated heterocycles. The lowest BCUT2D eigenvalue weighted by Crippen LogP contribution is -2.25. The van der Waals surface area contributed by atoms with E-state index in [9.17, 15) is 9.18 Å². The Morgan fingerprint density at radius 3 is 2.73 bits per heavy atom. The van der Waals surface area contributed by atoms with Gasteiger partial charge in [0.05, 0.1) is 5.69 Å². The number of carbonyl (C=O) groups is 1. The van der Waals surface area contributed by atoms with Crippen molar-refractivity contribution in [2.75, 3.05) is 18.2 Å². The maximum Gasteiger partial charge on any atom is 0.258 e. The molecule has 2 aromatic carbocycles. The molecule has 6 rings (SSSR count). The minimum absolute atomic E-state index is 0.106. The van der Waals surface area contributed by atoms with Gasteiger partial charge < -0.3 is 24.4 Å². The van der Waals surface area contributed by atoms with Gasteiger partial charge >= 0.3 is 0 Å². The summed E-state index contributed by atoms with van der Waals surface area (Å²) in [5, 5.41) is 2.86. The highest BCUT2D eigenvalue weighted by molar-refractivity contribution is 5.96. The summed E-state index contributed by atoms with van der Waals surface area (Å²) in [6.45, 7) is 1.24. The van der Waals surface area contributed by atoms with Gasteiger partial charge in [-0.2, -0.15) is 4.98 Å². The van der Waals surface area contributed by atoms with Gasteiger partial charge in [0.2, 0.25) is 18.6 Å². The van der Waals surface area contributed by atoms with Crippen LogP contribution in [0, 0.1) is 5.82 Å². The van der Waals surface area contributed by atoms with Gasteiger partial charge in [-0.1, -0.05) is 18.2 Å². The minimum atomic E-state index is -0.380. The lowest BCUT2D eigenvalue weighted by atomic mass is 10.1. The van der Waals surface area contributed by atoms with Crippen LogP contribution in [0.3, 0.4) is 0 Å². The fourth-order valence-corrected chi connectivity index (χ4v) is 4.25. The van der Waals surface area contributed by atoms with Crippen LogP contribution in [0.2, 0.25) is 0 Å². The number of nitrogens with zero attached hydrogens (tertiary/aromatic N) is 4. The Morgan fingerprint density at radius 2 is 1.92 bits per heavy atom. The number of halogens is 1. The molecule has 1 amide bonds. The van der Waals surface area contributed by atoms with Crippen molar-refractivity contribution in [3.8, 4) is 17.4 Å². The number of rotatable bonds is 7. The van der Waals surface area contributed by atoms with Crippen LogP contribution in [0.5, 0.6) is 17.4 Å². The summed E-state index contributed by atoms with van der Waals surface area (Å²) in [5.74, 6) is 1.21. The number of pyridine rings is 1. The van der Waals surface area contributed by atoms with E-state index < -0.39 is 0 Å². The molecule has 186 valence electrons. The summed E-state index contributed by atoms with van der Waals surface area (Å²) < 4.78 is 30.4. The quantitative estimate of drug-likeness (QED) is 0.408. The van der Waals surface area contributed by atoms with Crippen molar-refractivity contribution in [1.82, 2.24) is 20.3 Å². The summed E-state index contributed by atoms with van der Waals surface area (Å²) in [7, 11) is 0. The van der Waals surface area contributed by atoms with Crippen molar-refractivity contribution in [2.24, 2.45) is 0 Å². The summed E-state index contributed by atoms with van der Waals surface area (Å²) in [6.07, 6.45) is 5.60. The molecule has 0 spiro atoms. The highest BCUT2D eigenvalue weighted by atomic mass is 19.1. The van der Waals surface area contributed by atoms with Crippen molar-refractivity contribution in [2.45, 2.75) is 19.6 Å². The van der Waals surface area contributed by atoms with E-state index in [1.54, 1.807) is 30.6 Å². The van der Waals surface area contributed by atoms with Crippen LogP contribution in [0.25, 0.3) is 0 Å². The first-order valence-electron chi connectivity index (χ1n) is 11.8. The molecule has 2 aromatic heterocycles. The lowest BCUT2D eigenvalue weighted by molar-refractivity contribution is 0.0945. The molecule has 0 fully saturated rings. The number of aromatic nitrogens is 3. The van der Waals surface area contributed by atoms with Crippen LogP contribution in [-0.2, 0) is 19.6 Å². The van der Waals surface area contributed by atoms with Gasteiger partial charge in [-0.25, -0.2) is 9.37 Å². The van der Waals surface area contributed by atoms with Crippen LogP contribution in [-0.4, -0.2) is 34.2 Å². The summed E-state index contributed by atoms with van der Waals surface area (Å²) in [5.41, 5.74) is 3.80. The summed E-state index contributed by atoms with van der Waals surface area (Å²) >= 11 is 0. The highest BCUT2D eigenvalue weighted by Crippen LogP contribution is 2.43. The summed E-state index contributed by atoms with van der Waals surface area (Å²) in [6, 6.07) is 13.5. The first kappa shape index (κ1) is 22.7. The van der Waals surface area contributed by atoms with E-state index in [1.807, 2.05) is 23.1 Å². The smallest absolute Gasteiger partial charge is 0.258 e. The van der Waals surface area contributed by atoms with E-state index in [0.717, 1.165) is 34.5 Å². The second-order valence-electron chi connectivity index (χ2n) is 8.58. The average molecular weight is 500 g/mol. The molecule has 10 heteroatoms. The third-order valence-electron chi connectivity index (χ3n) is 6.16. The molecule has 0 radical (unpaired) electrons. The van der Waals surface area contributed by atoms with E-state index in [1.165, 1.54) is 18.3 Å². The fraction of sp³-hybridized carbons (Fsp3) is 0.185. The van der Waals surface area contributed by atoms with Gasteiger partial charge in [-0.05, 0) is 47.4 Å². The van der Waals surface area contributed by atoms with Crippen molar-refractivity contribution in [1.29, 1.82) is 0 Å². The van der Waals surface area contributed by atoms with Gasteiger partial charge in [-0.3, -0.25) is 9.78 Å². The first-order valence-corrected chi connectivity index (χ1v) is 11.8. The number of carbonyl (C=O) groups excluding carboxylic acids is 1. The standard InChI is InChI=1S/C27H22FN5O4/c28-20-5-3-17(4-6-20)15-35-26-21(25(34)30-13-18-2-1-8-29-12-18)14-31-27(32-26)33-9-7-19-10-23-24(11-22(19)33)37-16-36-23/h1-6,8,10-12,14H,7,9,13,15-16H2,(H,30,34).